The number of hydrogen-bond donors (Lipinski definition) is 1. The van der Waals surface area contributed by atoms with E-state index < -0.39 is 11.7 Å². The van der Waals surface area contributed by atoms with E-state index in [2.05, 4.69) is 15.1 Å². The molecular formula is C23H28F3N3. The van der Waals surface area contributed by atoms with Crippen LogP contribution in [0.2, 0.25) is 0 Å². The molecule has 1 N–H and O–H groups in total. The van der Waals surface area contributed by atoms with Crippen LogP contribution in [0.15, 0.2) is 42.5 Å². The summed E-state index contributed by atoms with van der Waals surface area (Å²) in [7, 11) is 0. The van der Waals surface area contributed by atoms with Crippen LogP contribution < -0.4 is 10.2 Å². The van der Waals surface area contributed by atoms with Crippen LogP contribution in [0.25, 0.3) is 0 Å². The molecular weight excluding hydrogens is 375 g/mol. The van der Waals surface area contributed by atoms with Crippen LogP contribution in [-0.4, -0.2) is 37.1 Å². The average molecular weight is 403 g/mol. The first-order valence-electron chi connectivity index (χ1n) is 10.4. The van der Waals surface area contributed by atoms with E-state index in [1.165, 1.54) is 38.1 Å². The monoisotopic (exact) mass is 403 g/mol. The fraction of sp³-hybridized carbons (Fsp3) is 0.478. The molecule has 0 atom stereocenters. The van der Waals surface area contributed by atoms with Gasteiger partial charge in [-0.05, 0) is 81.6 Å². The van der Waals surface area contributed by atoms with Gasteiger partial charge >= 0.3 is 6.18 Å². The summed E-state index contributed by atoms with van der Waals surface area (Å²) in [6.07, 6.45) is 0.185. The lowest BCUT2D eigenvalue weighted by Gasteiger charge is -2.38. The van der Waals surface area contributed by atoms with Gasteiger partial charge in [-0.25, -0.2) is 0 Å². The van der Waals surface area contributed by atoms with Gasteiger partial charge in [-0.15, -0.1) is 0 Å². The molecule has 0 radical (unpaired) electrons. The van der Waals surface area contributed by atoms with Crippen molar-refractivity contribution in [3.63, 3.8) is 0 Å². The third-order valence-corrected chi connectivity index (χ3v) is 6.04. The molecule has 3 nitrogen and oxygen atoms in total. The van der Waals surface area contributed by atoms with Crippen LogP contribution in [0, 0.1) is 6.92 Å². The number of halogens is 3. The number of likely N-dealkylation sites (tertiary alicyclic amines) is 1. The zero-order chi connectivity index (χ0) is 20.4. The zero-order valence-corrected chi connectivity index (χ0v) is 16.8. The maximum absolute atomic E-state index is 13.5. The van der Waals surface area contributed by atoms with E-state index in [4.69, 9.17) is 0 Å². The number of aryl methyl sites for hydroxylation is 1. The van der Waals surface area contributed by atoms with Gasteiger partial charge in [0, 0.05) is 36.2 Å². The molecule has 0 unspecified atom stereocenters. The SMILES string of the molecule is Cc1cccc(Nc2cc(N3CCC(N4CCCC4)CC3)cc(C(F)(F)F)c2)c1. The van der Waals surface area contributed by atoms with Crippen molar-refractivity contribution in [2.75, 3.05) is 36.4 Å². The lowest BCUT2D eigenvalue weighted by atomic mass is 10.0. The Balaban J connectivity index is 1.54. The van der Waals surface area contributed by atoms with Crippen molar-refractivity contribution in [1.29, 1.82) is 0 Å². The van der Waals surface area contributed by atoms with E-state index in [9.17, 15) is 13.2 Å². The Morgan fingerprint density at radius 2 is 1.62 bits per heavy atom. The quantitative estimate of drug-likeness (QED) is 0.694. The van der Waals surface area contributed by atoms with Gasteiger partial charge in [0.05, 0.1) is 5.56 Å². The molecule has 2 aromatic rings. The summed E-state index contributed by atoms with van der Waals surface area (Å²) in [6.45, 7) is 5.89. The predicted octanol–water partition coefficient (Wildman–Crippen LogP) is 5.82. The Labute approximate surface area is 170 Å². The molecule has 6 heteroatoms. The average Bonchev–Trinajstić information content (AvgIpc) is 3.22. The Morgan fingerprint density at radius 1 is 0.897 bits per heavy atom. The molecule has 0 saturated carbocycles. The highest BCUT2D eigenvalue weighted by atomic mass is 19.4. The largest absolute Gasteiger partial charge is 0.416 e. The second-order valence-electron chi connectivity index (χ2n) is 8.22. The van der Waals surface area contributed by atoms with Crippen molar-refractivity contribution in [2.24, 2.45) is 0 Å². The molecule has 0 spiro atoms. The molecule has 0 amide bonds. The van der Waals surface area contributed by atoms with Gasteiger partial charge in [0.1, 0.15) is 0 Å². The molecule has 156 valence electrons. The molecule has 4 rings (SSSR count). The number of piperidine rings is 1. The predicted molar refractivity (Wildman–Crippen MR) is 112 cm³/mol. The number of nitrogens with one attached hydrogen (secondary N) is 1. The summed E-state index contributed by atoms with van der Waals surface area (Å²) in [5.41, 5.74) is 2.37. The maximum atomic E-state index is 13.5. The molecule has 2 saturated heterocycles. The van der Waals surface area contributed by atoms with Crippen LogP contribution in [-0.2, 0) is 6.18 Å². The topological polar surface area (TPSA) is 18.5 Å². The minimum atomic E-state index is -4.37. The fourth-order valence-corrected chi connectivity index (χ4v) is 4.52. The maximum Gasteiger partial charge on any atom is 0.416 e. The highest BCUT2D eigenvalue weighted by molar-refractivity contribution is 5.67. The molecule has 2 aliphatic heterocycles. The Hall–Kier alpha value is -2.21. The Morgan fingerprint density at radius 3 is 2.28 bits per heavy atom. The number of rotatable bonds is 4. The van der Waals surface area contributed by atoms with Crippen LogP contribution in [0.4, 0.5) is 30.2 Å². The lowest BCUT2D eigenvalue weighted by molar-refractivity contribution is -0.137. The highest BCUT2D eigenvalue weighted by Crippen LogP contribution is 2.36. The van der Waals surface area contributed by atoms with Gasteiger partial charge in [0.2, 0.25) is 0 Å². The van der Waals surface area contributed by atoms with Gasteiger partial charge in [-0.3, -0.25) is 0 Å². The summed E-state index contributed by atoms with van der Waals surface area (Å²) in [4.78, 5) is 4.65. The van der Waals surface area contributed by atoms with Crippen molar-refractivity contribution >= 4 is 17.1 Å². The van der Waals surface area contributed by atoms with E-state index in [1.54, 1.807) is 0 Å². The molecule has 2 fully saturated rings. The minimum absolute atomic E-state index is 0.474. The summed E-state index contributed by atoms with van der Waals surface area (Å²) >= 11 is 0. The number of hydrogen-bond acceptors (Lipinski definition) is 3. The molecule has 2 aromatic carbocycles. The van der Waals surface area contributed by atoms with Gasteiger partial charge in [-0.1, -0.05) is 12.1 Å². The fourth-order valence-electron chi connectivity index (χ4n) is 4.52. The normalized spacial score (nSPS) is 19.0. The third-order valence-electron chi connectivity index (χ3n) is 6.04. The third kappa shape index (κ3) is 4.86. The lowest BCUT2D eigenvalue weighted by Crippen LogP contribution is -2.43. The van der Waals surface area contributed by atoms with Gasteiger partial charge in [-0.2, -0.15) is 13.2 Å². The van der Waals surface area contributed by atoms with Crippen molar-refractivity contribution in [3.05, 3.63) is 53.6 Å². The van der Waals surface area contributed by atoms with Crippen LogP contribution >= 0.6 is 0 Å². The van der Waals surface area contributed by atoms with Crippen LogP contribution in [0.1, 0.15) is 36.8 Å². The summed E-state index contributed by atoms with van der Waals surface area (Å²) in [6, 6.07) is 12.6. The first kappa shape index (κ1) is 20.1. The number of anilines is 3. The molecule has 2 aliphatic rings. The van der Waals surface area contributed by atoms with E-state index in [0.717, 1.165) is 37.2 Å². The minimum Gasteiger partial charge on any atom is -0.371 e. The Kier molecular flexibility index (Phi) is 5.72. The van der Waals surface area contributed by atoms with Crippen molar-refractivity contribution in [2.45, 2.75) is 44.8 Å². The zero-order valence-electron chi connectivity index (χ0n) is 16.8. The first-order valence-corrected chi connectivity index (χ1v) is 10.4. The summed E-state index contributed by atoms with van der Waals surface area (Å²) < 4.78 is 40.6. The molecule has 0 aliphatic carbocycles. The molecule has 29 heavy (non-hydrogen) atoms. The van der Waals surface area contributed by atoms with Crippen molar-refractivity contribution in [3.8, 4) is 0 Å². The summed E-state index contributed by atoms with van der Waals surface area (Å²) in [5.74, 6) is 0. The van der Waals surface area contributed by atoms with Crippen molar-refractivity contribution < 1.29 is 13.2 Å². The molecule has 2 heterocycles. The van der Waals surface area contributed by atoms with E-state index in [-0.39, 0.29) is 0 Å². The van der Waals surface area contributed by atoms with Crippen molar-refractivity contribution in [1.82, 2.24) is 4.90 Å². The first-order chi connectivity index (χ1) is 13.9. The van der Waals surface area contributed by atoms with Gasteiger partial charge in [0.15, 0.2) is 0 Å². The van der Waals surface area contributed by atoms with Gasteiger partial charge < -0.3 is 15.1 Å². The highest BCUT2D eigenvalue weighted by Gasteiger charge is 2.33. The second kappa shape index (κ2) is 8.27. The standard InChI is InChI=1S/C23H28F3N3/c1-17-5-4-6-19(13-17)27-20-14-18(23(24,25)26)15-22(16-20)29-11-7-21(8-12-29)28-9-2-3-10-28/h4-6,13-16,21,27H,2-3,7-12H2,1H3. The summed E-state index contributed by atoms with van der Waals surface area (Å²) in [5, 5.41) is 3.16. The van der Waals surface area contributed by atoms with E-state index in [0.29, 0.717) is 17.4 Å². The van der Waals surface area contributed by atoms with Crippen LogP contribution in [0.3, 0.4) is 0 Å². The molecule has 0 aromatic heterocycles. The number of alkyl halides is 3. The van der Waals surface area contributed by atoms with E-state index in [1.807, 2.05) is 37.3 Å². The number of benzene rings is 2. The van der Waals surface area contributed by atoms with Crippen LogP contribution in [0.5, 0.6) is 0 Å². The molecule has 0 bridgehead atoms. The smallest absolute Gasteiger partial charge is 0.371 e. The van der Waals surface area contributed by atoms with E-state index >= 15 is 0 Å². The second-order valence-corrected chi connectivity index (χ2v) is 8.22. The number of nitrogens with zero attached hydrogens (tertiary/aromatic N) is 2. The van der Waals surface area contributed by atoms with Gasteiger partial charge in [0.25, 0.3) is 0 Å². The Bertz CT molecular complexity index is 836.